The molecule has 0 bridgehead atoms. The molecule has 6 nitrogen and oxygen atoms in total. The molecule has 4 aromatic rings. The average molecular weight is 468 g/mol. The smallest absolute Gasteiger partial charge is 0.338 e. The number of hydrogen-bond acceptors (Lipinski definition) is 4. The summed E-state index contributed by atoms with van der Waals surface area (Å²) in [5, 5.41) is 13.2. The minimum Gasteiger partial charge on any atom is -0.462 e. The zero-order chi connectivity index (χ0) is 24.8. The predicted molar refractivity (Wildman–Crippen MR) is 132 cm³/mol. The zero-order valence-corrected chi connectivity index (χ0v) is 19.0. The van der Waals surface area contributed by atoms with Gasteiger partial charge < -0.3 is 14.6 Å². The first-order valence-electron chi connectivity index (χ1n) is 11.0. The minimum atomic E-state index is -0.571. The number of rotatable bonds is 7. The van der Waals surface area contributed by atoms with Gasteiger partial charge in [0.1, 0.15) is 17.5 Å². The monoisotopic (exact) mass is 467 g/mol. The van der Waals surface area contributed by atoms with Gasteiger partial charge in [-0.25, -0.2) is 9.18 Å². The van der Waals surface area contributed by atoms with Crippen molar-refractivity contribution in [3.63, 3.8) is 0 Å². The Balaban J connectivity index is 1.59. The molecule has 0 radical (unpaired) electrons. The van der Waals surface area contributed by atoms with Crippen LogP contribution in [0.4, 0.5) is 10.1 Å². The maximum atomic E-state index is 13.6. The van der Waals surface area contributed by atoms with Crippen LogP contribution in [0.25, 0.3) is 17.0 Å². The number of carbonyl (C=O) groups is 2. The molecule has 0 saturated heterocycles. The molecule has 35 heavy (non-hydrogen) atoms. The van der Waals surface area contributed by atoms with Crippen molar-refractivity contribution in [2.45, 2.75) is 13.5 Å². The Bertz CT molecular complexity index is 1460. The summed E-state index contributed by atoms with van der Waals surface area (Å²) in [7, 11) is 0. The lowest BCUT2D eigenvalue weighted by molar-refractivity contribution is -0.112. The molecule has 0 spiro atoms. The van der Waals surface area contributed by atoms with E-state index >= 15 is 0 Å². The molecule has 7 heteroatoms. The highest BCUT2D eigenvalue weighted by atomic mass is 19.1. The van der Waals surface area contributed by atoms with E-state index in [9.17, 15) is 19.2 Å². The van der Waals surface area contributed by atoms with Crippen molar-refractivity contribution in [2.75, 3.05) is 11.9 Å². The number of hydrogen-bond donors (Lipinski definition) is 1. The van der Waals surface area contributed by atoms with Gasteiger partial charge in [-0.05, 0) is 61.0 Å². The van der Waals surface area contributed by atoms with Crippen LogP contribution >= 0.6 is 0 Å². The Hall–Kier alpha value is -4.70. The highest BCUT2D eigenvalue weighted by Gasteiger charge is 2.14. The third-order valence-electron chi connectivity index (χ3n) is 5.38. The number of aromatic nitrogens is 1. The SMILES string of the molecule is CCOC(=O)c1ccc(NC(=O)/C(C#N)=C/c2cn(Cc3cccc(F)c3)c3ccccc23)cc1. The van der Waals surface area contributed by atoms with E-state index in [1.807, 2.05) is 47.2 Å². The van der Waals surface area contributed by atoms with Crippen LogP contribution in [0.2, 0.25) is 0 Å². The number of esters is 1. The average Bonchev–Trinajstić information content (AvgIpc) is 3.20. The predicted octanol–water partition coefficient (Wildman–Crippen LogP) is 5.55. The van der Waals surface area contributed by atoms with Crippen molar-refractivity contribution in [3.05, 3.63) is 107 Å². The Kier molecular flexibility index (Phi) is 7.03. The van der Waals surface area contributed by atoms with Crippen LogP contribution in [0.1, 0.15) is 28.4 Å². The van der Waals surface area contributed by atoms with Crippen LogP contribution in [0.3, 0.4) is 0 Å². The van der Waals surface area contributed by atoms with Gasteiger partial charge >= 0.3 is 5.97 Å². The molecule has 1 N–H and O–H groups in total. The van der Waals surface area contributed by atoms with Gasteiger partial charge in [-0.1, -0.05) is 30.3 Å². The quantitative estimate of drug-likeness (QED) is 0.219. The lowest BCUT2D eigenvalue weighted by atomic mass is 10.1. The van der Waals surface area contributed by atoms with E-state index in [-0.39, 0.29) is 18.0 Å². The number of nitrogens with zero attached hydrogens (tertiary/aromatic N) is 2. The minimum absolute atomic E-state index is 0.0758. The van der Waals surface area contributed by atoms with Gasteiger partial charge in [-0.2, -0.15) is 5.26 Å². The van der Waals surface area contributed by atoms with Gasteiger partial charge in [0.2, 0.25) is 0 Å². The first kappa shape index (κ1) is 23.5. The summed E-state index contributed by atoms with van der Waals surface area (Å²) in [6.45, 7) is 2.43. The summed E-state index contributed by atoms with van der Waals surface area (Å²) in [5.74, 6) is -1.33. The number of ether oxygens (including phenoxy) is 1. The Morgan fingerprint density at radius 2 is 1.86 bits per heavy atom. The fourth-order valence-electron chi connectivity index (χ4n) is 3.76. The fourth-order valence-corrected chi connectivity index (χ4v) is 3.76. The van der Waals surface area contributed by atoms with Crippen molar-refractivity contribution >= 4 is 34.5 Å². The number of amides is 1. The van der Waals surface area contributed by atoms with E-state index in [2.05, 4.69) is 5.32 Å². The van der Waals surface area contributed by atoms with Crippen molar-refractivity contribution in [2.24, 2.45) is 0 Å². The lowest BCUT2D eigenvalue weighted by Crippen LogP contribution is -2.13. The lowest BCUT2D eigenvalue weighted by Gasteiger charge is -2.06. The summed E-state index contributed by atoms with van der Waals surface area (Å²) in [5.41, 5.74) is 3.13. The van der Waals surface area contributed by atoms with Crippen molar-refractivity contribution in [1.82, 2.24) is 4.57 Å². The second-order valence-corrected chi connectivity index (χ2v) is 7.78. The summed E-state index contributed by atoms with van der Waals surface area (Å²) in [6, 6.07) is 22.2. The third-order valence-corrected chi connectivity index (χ3v) is 5.38. The zero-order valence-electron chi connectivity index (χ0n) is 19.0. The van der Waals surface area contributed by atoms with Gasteiger partial charge in [0.25, 0.3) is 5.91 Å². The Morgan fingerprint density at radius 3 is 2.57 bits per heavy atom. The first-order chi connectivity index (χ1) is 17.0. The summed E-state index contributed by atoms with van der Waals surface area (Å²) in [4.78, 5) is 24.6. The maximum absolute atomic E-state index is 13.6. The molecule has 1 aromatic heterocycles. The number of anilines is 1. The van der Waals surface area contributed by atoms with Gasteiger partial charge in [-0.3, -0.25) is 4.79 Å². The van der Waals surface area contributed by atoms with E-state index < -0.39 is 11.9 Å². The molecule has 0 saturated carbocycles. The van der Waals surface area contributed by atoms with Crippen LogP contribution in [-0.4, -0.2) is 23.1 Å². The number of fused-ring (bicyclic) bond motifs is 1. The van der Waals surface area contributed by atoms with E-state index in [0.717, 1.165) is 16.5 Å². The van der Waals surface area contributed by atoms with Gasteiger partial charge in [0.15, 0.2) is 0 Å². The summed E-state index contributed by atoms with van der Waals surface area (Å²) < 4.78 is 20.6. The molecule has 174 valence electrons. The molecular formula is C28H22FN3O3. The van der Waals surface area contributed by atoms with Crippen LogP contribution in [0.5, 0.6) is 0 Å². The van der Waals surface area contributed by atoms with E-state index in [4.69, 9.17) is 4.74 Å². The second kappa shape index (κ2) is 10.5. The van der Waals surface area contributed by atoms with Crippen molar-refractivity contribution < 1.29 is 18.7 Å². The molecule has 1 amide bonds. The molecular weight excluding hydrogens is 445 g/mol. The molecule has 0 unspecified atom stereocenters. The van der Waals surface area contributed by atoms with Crippen LogP contribution in [-0.2, 0) is 16.1 Å². The van der Waals surface area contributed by atoms with Crippen molar-refractivity contribution in [1.29, 1.82) is 5.26 Å². The van der Waals surface area contributed by atoms with Crippen LogP contribution < -0.4 is 5.32 Å². The standard InChI is InChI=1S/C28H22FN3O3/c1-2-35-28(34)20-10-12-24(13-11-20)31-27(33)21(16-30)15-22-18-32(26-9-4-3-8-25(22)26)17-19-6-5-7-23(29)14-19/h3-15,18H,2,17H2,1H3,(H,31,33)/b21-15+. The molecule has 0 atom stereocenters. The number of para-hydroxylation sites is 1. The first-order valence-corrected chi connectivity index (χ1v) is 11.0. The summed E-state index contributed by atoms with van der Waals surface area (Å²) in [6.07, 6.45) is 3.38. The highest BCUT2D eigenvalue weighted by molar-refractivity contribution is 6.11. The highest BCUT2D eigenvalue weighted by Crippen LogP contribution is 2.25. The number of nitriles is 1. The second-order valence-electron chi connectivity index (χ2n) is 7.78. The maximum Gasteiger partial charge on any atom is 0.338 e. The Morgan fingerprint density at radius 1 is 1.09 bits per heavy atom. The largest absolute Gasteiger partial charge is 0.462 e. The molecule has 0 aliphatic rings. The van der Waals surface area contributed by atoms with Gasteiger partial charge in [-0.15, -0.1) is 0 Å². The molecule has 0 fully saturated rings. The van der Waals surface area contributed by atoms with Gasteiger partial charge in [0.05, 0.1) is 12.2 Å². The van der Waals surface area contributed by atoms with Crippen LogP contribution in [0, 0.1) is 17.1 Å². The Labute approximate surface area is 201 Å². The van der Waals surface area contributed by atoms with E-state index in [1.54, 1.807) is 37.3 Å². The number of carbonyl (C=O) groups excluding carboxylic acids is 2. The number of nitrogens with one attached hydrogen (secondary N) is 1. The normalized spacial score (nSPS) is 11.2. The number of benzene rings is 3. The molecule has 1 heterocycles. The molecule has 0 aliphatic carbocycles. The third kappa shape index (κ3) is 5.45. The topological polar surface area (TPSA) is 84.1 Å². The molecule has 4 rings (SSSR count). The van der Waals surface area contributed by atoms with E-state index in [0.29, 0.717) is 23.4 Å². The van der Waals surface area contributed by atoms with Gasteiger partial charge in [0, 0.05) is 34.9 Å². The fraction of sp³-hybridized carbons (Fsp3) is 0.107. The molecule has 0 aliphatic heterocycles. The summed E-state index contributed by atoms with van der Waals surface area (Å²) >= 11 is 0. The number of halogens is 1. The van der Waals surface area contributed by atoms with Crippen LogP contribution in [0.15, 0.2) is 84.6 Å². The van der Waals surface area contributed by atoms with Crippen molar-refractivity contribution in [3.8, 4) is 6.07 Å². The molecule has 3 aromatic carbocycles. The van der Waals surface area contributed by atoms with E-state index in [1.165, 1.54) is 18.2 Å².